The first-order chi connectivity index (χ1) is 4.70. The first-order valence-corrected chi connectivity index (χ1v) is 3.63. The van der Waals surface area contributed by atoms with E-state index in [9.17, 15) is 4.79 Å². The normalized spacial score (nSPS) is 9.40. The van der Waals surface area contributed by atoms with Crippen LogP contribution in [0, 0.1) is 6.92 Å². The molecule has 0 aliphatic heterocycles. The van der Waals surface area contributed by atoms with E-state index in [1.807, 2.05) is 0 Å². The number of ether oxygens (including phenoxy) is 1. The highest BCUT2D eigenvalue weighted by Gasteiger charge is 2.03. The molecule has 54 valence electrons. The Morgan fingerprint density at radius 2 is 2.50 bits per heavy atom. The first-order valence-electron chi connectivity index (χ1n) is 2.79. The lowest BCUT2D eigenvalue weighted by Gasteiger charge is -1.95. The molecule has 0 saturated carbocycles. The maximum Gasteiger partial charge on any atom is 0.308 e. The summed E-state index contributed by atoms with van der Waals surface area (Å²) in [6.07, 6.45) is 0. The largest absolute Gasteiger partial charge is 0.424 e. The average Bonchev–Trinajstić information content (AvgIpc) is 2.15. The number of carbonyl (C=O) groups excluding carboxylic acids is 1. The lowest BCUT2D eigenvalue weighted by Crippen LogP contribution is -2.01. The fourth-order valence-corrected chi connectivity index (χ4v) is 1.15. The lowest BCUT2D eigenvalue weighted by atomic mass is 10.4. The molecule has 0 bridgehead atoms. The van der Waals surface area contributed by atoms with Crippen LogP contribution in [0.3, 0.4) is 0 Å². The maximum absolute atomic E-state index is 10.4. The highest BCUT2D eigenvalue weighted by Crippen LogP contribution is 2.17. The summed E-state index contributed by atoms with van der Waals surface area (Å²) in [6.45, 7) is 3.17. The number of hydrogen-bond donors (Lipinski definition) is 0. The monoisotopic (exact) mass is 157 g/mol. The van der Waals surface area contributed by atoms with E-state index in [-0.39, 0.29) is 5.97 Å². The van der Waals surface area contributed by atoms with Crippen molar-refractivity contribution in [3.8, 4) is 5.75 Å². The van der Waals surface area contributed by atoms with Crippen LogP contribution in [-0.4, -0.2) is 10.3 Å². The minimum Gasteiger partial charge on any atom is -0.424 e. The van der Waals surface area contributed by atoms with Gasteiger partial charge >= 0.3 is 5.97 Å². The van der Waals surface area contributed by atoms with Crippen LogP contribution < -0.4 is 4.74 Å². The Kier molecular flexibility index (Phi) is 2.01. The van der Waals surface area contributed by atoms with Gasteiger partial charge in [-0.3, -0.25) is 4.79 Å². The molecule has 0 aliphatic carbocycles. The molecule has 4 heteroatoms. The molecule has 10 heavy (non-hydrogen) atoms. The topological polar surface area (TPSA) is 39.2 Å². The van der Waals surface area contributed by atoms with Gasteiger partial charge < -0.3 is 4.74 Å². The van der Waals surface area contributed by atoms with Gasteiger partial charge in [0.1, 0.15) is 0 Å². The molecule has 1 aromatic heterocycles. The standard InChI is InChI=1S/C6H7NO2S/c1-4-6(3-10-7-4)9-5(2)8/h3H,1-2H3. The van der Waals surface area contributed by atoms with E-state index in [0.29, 0.717) is 5.75 Å². The van der Waals surface area contributed by atoms with Crippen LogP contribution in [0.2, 0.25) is 0 Å². The van der Waals surface area contributed by atoms with E-state index < -0.39 is 0 Å². The Morgan fingerprint density at radius 1 is 1.80 bits per heavy atom. The van der Waals surface area contributed by atoms with Crippen molar-refractivity contribution in [3.63, 3.8) is 0 Å². The number of hydrogen-bond acceptors (Lipinski definition) is 4. The van der Waals surface area contributed by atoms with Gasteiger partial charge in [-0.25, -0.2) is 0 Å². The minimum absolute atomic E-state index is 0.302. The molecule has 0 N–H and O–H groups in total. The highest BCUT2D eigenvalue weighted by molar-refractivity contribution is 7.03. The van der Waals surface area contributed by atoms with Crippen LogP contribution in [0.4, 0.5) is 0 Å². The highest BCUT2D eigenvalue weighted by atomic mass is 32.1. The number of aromatic nitrogens is 1. The van der Waals surface area contributed by atoms with E-state index in [1.54, 1.807) is 12.3 Å². The van der Waals surface area contributed by atoms with Gasteiger partial charge in [-0.1, -0.05) is 0 Å². The zero-order valence-electron chi connectivity index (χ0n) is 5.75. The van der Waals surface area contributed by atoms with Crippen molar-refractivity contribution in [2.45, 2.75) is 13.8 Å². The number of aryl methyl sites for hydroxylation is 1. The molecule has 0 atom stereocenters. The van der Waals surface area contributed by atoms with Crippen LogP contribution in [-0.2, 0) is 4.79 Å². The average molecular weight is 157 g/mol. The quantitative estimate of drug-likeness (QED) is 0.578. The third-order valence-corrected chi connectivity index (χ3v) is 1.66. The Balaban J connectivity index is 2.74. The fraction of sp³-hybridized carbons (Fsp3) is 0.333. The molecule has 1 rings (SSSR count). The molecule has 0 spiro atoms. The summed E-state index contributed by atoms with van der Waals surface area (Å²) in [5, 5.41) is 1.71. The number of carbonyl (C=O) groups is 1. The molecule has 0 aromatic carbocycles. The number of esters is 1. The summed E-state index contributed by atoms with van der Waals surface area (Å²) in [5.74, 6) is 0.265. The van der Waals surface area contributed by atoms with Crippen molar-refractivity contribution < 1.29 is 9.53 Å². The van der Waals surface area contributed by atoms with Crippen molar-refractivity contribution >= 4 is 17.5 Å². The Hall–Kier alpha value is -0.900. The number of rotatable bonds is 1. The van der Waals surface area contributed by atoms with Crippen molar-refractivity contribution in [2.24, 2.45) is 0 Å². The SMILES string of the molecule is CC(=O)Oc1csnc1C. The minimum atomic E-state index is -0.302. The predicted molar refractivity (Wildman–Crippen MR) is 38.2 cm³/mol. The van der Waals surface area contributed by atoms with Crippen molar-refractivity contribution in [1.82, 2.24) is 4.37 Å². The molecule has 1 aromatic rings. The smallest absolute Gasteiger partial charge is 0.308 e. The molecule has 1 heterocycles. The summed E-state index contributed by atoms with van der Waals surface area (Å²) >= 11 is 1.28. The van der Waals surface area contributed by atoms with Gasteiger partial charge in [0.2, 0.25) is 0 Å². The van der Waals surface area contributed by atoms with E-state index >= 15 is 0 Å². The lowest BCUT2D eigenvalue weighted by molar-refractivity contribution is -0.131. The number of nitrogens with zero attached hydrogens (tertiary/aromatic N) is 1. The molecule has 0 saturated heterocycles. The molecule has 0 fully saturated rings. The summed E-state index contributed by atoms with van der Waals surface area (Å²) in [4.78, 5) is 10.4. The van der Waals surface area contributed by atoms with Gasteiger partial charge in [0.15, 0.2) is 5.75 Å². The van der Waals surface area contributed by atoms with E-state index in [4.69, 9.17) is 4.74 Å². The van der Waals surface area contributed by atoms with Crippen LogP contribution in [0.5, 0.6) is 5.75 Å². The summed E-state index contributed by atoms with van der Waals surface area (Å²) in [6, 6.07) is 0. The van der Waals surface area contributed by atoms with Gasteiger partial charge in [0, 0.05) is 6.92 Å². The van der Waals surface area contributed by atoms with Gasteiger partial charge in [0.25, 0.3) is 0 Å². The third kappa shape index (κ3) is 1.54. The zero-order valence-corrected chi connectivity index (χ0v) is 6.57. The fourth-order valence-electron chi connectivity index (χ4n) is 0.536. The van der Waals surface area contributed by atoms with Gasteiger partial charge in [0.05, 0.1) is 11.1 Å². The first kappa shape index (κ1) is 7.21. The van der Waals surface area contributed by atoms with E-state index in [1.165, 1.54) is 18.5 Å². The van der Waals surface area contributed by atoms with Crippen molar-refractivity contribution in [3.05, 3.63) is 11.1 Å². The van der Waals surface area contributed by atoms with Gasteiger partial charge in [-0.05, 0) is 18.5 Å². The zero-order chi connectivity index (χ0) is 7.56. The molecule has 0 unspecified atom stereocenters. The van der Waals surface area contributed by atoms with E-state index in [2.05, 4.69) is 4.37 Å². The third-order valence-electron chi connectivity index (χ3n) is 0.960. The second-order valence-electron chi connectivity index (χ2n) is 1.86. The second kappa shape index (κ2) is 2.79. The maximum atomic E-state index is 10.4. The summed E-state index contributed by atoms with van der Waals surface area (Å²) in [5.41, 5.74) is 0.764. The van der Waals surface area contributed by atoms with Gasteiger partial charge in [-0.2, -0.15) is 4.37 Å². The predicted octanol–water partition coefficient (Wildman–Crippen LogP) is 1.38. The molecule has 3 nitrogen and oxygen atoms in total. The van der Waals surface area contributed by atoms with Crippen LogP contribution in [0.1, 0.15) is 12.6 Å². The molecule has 0 amide bonds. The van der Waals surface area contributed by atoms with Crippen LogP contribution in [0.25, 0.3) is 0 Å². The summed E-state index contributed by atoms with van der Waals surface area (Å²) in [7, 11) is 0. The Morgan fingerprint density at radius 3 is 2.90 bits per heavy atom. The van der Waals surface area contributed by atoms with Gasteiger partial charge in [-0.15, -0.1) is 0 Å². The van der Waals surface area contributed by atoms with Crippen molar-refractivity contribution in [2.75, 3.05) is 0 Å². The molecule has 0 aliphatic rings. The van der Waals surface area contributed by atoms with Crippen LogP contribution >= 0.6 is 11.5 Å². The Labute approximate surface area is 62.8 Å². The molecular formula is C6H7NO2S. The Bertz CT molecular complexity index is 244. The second-order valence-corrected chi connectivity index (χ2v) is 2.49. The van der Waals surface area contributed by atoms with Crippen LogP contribution in [0.15, 0.2) is 5.38 Å². The van der Waals surface area contributed by atoms with Crippen molar-refractivity contribution in [1.29, 1.82) is 0 Å². The molecular weight excluding hydrogens is 150 g/mol. The summed E-state index contributed by atoms with van der Waals surface area (Å²) < 4.78 is 8.73. The van der Waals surface area contributed by atoms with E-state index in [0.717, 1.165) is 5.69 Å². The molecule has 0 radical (unpaired) electrons.